The molecule has 3 nitrogen and oxygen atoms in total. The molecule has 1 aromatic carbocycles. The molecule has 2 rings (SSSR count). The summed E-state index contributed by atoms with van der Waals surface area (Å²) in [7, 11) is 1.96. The number of nitrogens with zero attached hydrogens (tertiary/aromatic N) is 2. The second-order valence-electron chi connectivity index (χ2n) is 4.11. The van der Waals surface area contributed by atoms with Gasteiger partial charge in [0.05, 0.1) is 11.7 Å². The summed E-state index contributed by atoms with van der Waals surface area (Å²) in [4.78, 5) is 0. The van der Waals surface area contributed by atoms with Crippen molar-refractivity contribution in [2.24, 2.45) is 0 Å². The SMILES string of the molecule is CNCc1ccc2cnn(C(C)C)c2c1. The Labute approximate surface area is 90.1 Å². The molecule has 0 aliphatic rings. The van der Waals surface area contributed by atoms with Crippen LogP contribution >= 0.6 is 0 Å². The standard InChI is InChI=1S/C12H17N3/c1-9(2)15-12-6-10(7-13-3)4-5-11(12)8-14-15/h4-6,8-9,13H,7H2,1-3H3. The van der Waals surface area contributed by atoms with Gasteiger partial charge < -0.3 is 5.32 Å². The summed E-state index contributed by atoms with van der Waals surface area (Å²) in [6.07, 6.45) is 1.93. The van der Waals surface area contributed by atoms with Crippen molar-refractivity contribution in [2.75, 3.05) is 7.05 Å². The van der Waals surface area contributed by atoms with Crippen LogP contribution in [-0.2, 0) is 6.54 Å². The second kappa shape index (κ2) is 4.03. The van der Waals surface area contributed by atoms with Gasteiger partial charge in [0.25, 0.3) is 0 Å². The van der Waals surface area contributed by atoms with Crippen LogP contribution in [0.15, 0.2) is 24.4 Å². The van der Waals surface area contributed by atoms with Gasteiger partial charge in [-0.05, 0) is 32.5 Å². The Hall–Kier alpha value is -1.35. The van der Waals surface area contributed by atoms with Crippen molar-refractivity contribution in [3.05, 3.63) is 30.0 Å². The molecule has 80 valence electrons. The van der Waals surface area contributed by atoms with Gasteiger partial charge in [0, 0.05) is 18.0 Å². The van der Waals surface area contributed by atoms with E-state index in [4.69, 9.17) is 0 Å². The molecule has 1 heterocycles. The van der Waals surface area contributed by atoms with Crippen LogP contribution in [0.2, 0.25) is 0 Å². The van der Waals surface area contributed by atoms with E-state index in [2.05, 4.69) is 47.1 Å². The summed E-state index contributed by atoms with van der Waals surface area (Å²) in [6.45, 7) is 5.20. The highest BCUT2D eigenvalue weighted by Crippen LogP contribution is 2.19. The third-order valence-corrected chi connectivity index (χ3v) is 2.53. The molecule has 1 aromatic heterocycles. The van der Waals surface area contributed by atoms with E-state index in [1.54, 1.807) is 0 Å². The van der Waals surface area contributed by atoms with Gasteiger partial charge in [-0.1, -0.05) is 12.1 Å². The molecule has 3 heteroatoms. The minimum Gasteiger partial charge on any atom is -0.316 e. The quantitative estimate of drug-likeness (QED) is 0.829. The largest absolute Gasteiger partial charge is 0.316 e. The Bertz CT molecular complexity index is 457. The normalized spacial score (nSPS) is 11.5. The molecule has 0 bridgehead atoms. The molecule has 0 radical (unpaired) electrons. The number of benzene rings is 1. The maximum absolute atomic E-state index is 4.39. The van der Waals surface area contributed by atoms with E-state index in [-0.39, 0.29) is 0 Å². The number of hydrogen-bond acceptors (Lipinski definition) is 2. The molecule has 0 spiro atoms. The molecule has 2 aromatic rings. The van der Waals surface area contributed by atoms with E-state index in [0.29, 0.717) is 6.04 Å². The number of aromatic nitrogens is 2. The van der Waals surface area contributed by atoms with E-state index >= 15 is 0 Å². The lowest BCUT2D eigenvalue weighted by Gasteiger charge is -2.08. The van der Waals surface area contributed by atoms with Crippen LogP contribution in [0.25, 0.3) is 10.9 Å². The molecule has 1 N–H and O–H groups in total. The zero-order chi connectivity index (χ0) is 10.8. The second-order valence-corrected chi connectivity index (χ2v) is 4.11. The van der Waals surface area contributed by atoms with Gasteiger partial charge in [0.15, 0.2) is 0 Å². The molecule has 0 aliphatic heterocycles. The predicted octanol–water partition coefficient (Wildman–Crippen LogP) is 2.34. The zero-order valence-electron chi connectivity index (χ0n) is 9.49. The maximum atomic E-state index is 4.39. The first kappa shape index (κ1) is 10.2. The van der Waals surface area contributed by atoms with Gasteiger partial charge in [-0.25, -0.2) is 0 Å². The lowest BCUT2D eigenvalue weighted by Crippen LogP contribution is -2.06. The fraction of sp³-hybridized carbons (Fsp3) is 0.417. The summed E-state index contributed by atoms with van der Waals surface area (Å²) >= 11 is 0. The first-order valence-corrected chi connectivity index (χ1v) is 5.33. The van der Waals surface area contributed by atoms with Crippen molar-refractivity contribution in [3.63, 3.8) is 0 Å². The number of rotatable bonds is 3. The van der Waals surface area contributed by atoms with E-state index in [9.17, 15) is 0 Å². The Morgan fingerprint density at radius 2 is 2.20 bits per heavy atom. The molecule has 0 saturated carbocycles. The Kier molecular flexibility index (Phi) is 2.73. The van der Waals surface area contributed by atoms with Crippen LogP contribution in [0.3, 0.4) is 0 Å². The van der Waals surface area contributed by atoms with E-state index < -0.39 is 0 Å². The van der Waals surface area contributed by atoms with Crippen LogP contribution in [0.5, 0.6) is 0 Å². The number of nitrogens with one attached hydrogen (secondary N) is 1. The summed E-state index contributed by atoms with van der Waals surface area (Å²) in [6, 6.07) is 6.89. The minimum atomic E-state index is 0.410. The van der Waals surface area contributed by atoms with Crippen molar-refractivity contribution in [1.29, 1.82) is 0 Å². The lowest BCUT2D eigenvalue weighted by atomic mass is 10.1. The molecule has 0 amide bonds. The van der Waals surface area contributed by atoms with Crippen LogP contribution in [0.1, 0.15) is 25.5 Å². The van der Waals surface area contributed by atoms with Gasteiger partial charge in [-0.15, -0.1) is 0 Å². The van der Waals surface area contributed by atoms with E-state index in [1.807, 2.05) is 13.2 Å². The van der Waals surface area contributed by atoms with Crippen molar-refractivity contribution in [2.45, 2.75) is 26.4 Å². The molecular weight excluding hydrogens is 186 g/mol. The molecule has 0 unspecified atom stereocenters. The highest BCUT2D eigenvalue weighted by Gasteiger charge is 2.05. The average Bonchev–Trinajstić information content (AvgIpc) is 2.61. The molecule has 15 heavy (non-hydrogen) atoms. The Balaban J connectivity index is 2.51. The summed E-state index contributed by atoms with van der Waals surface area (Å²) in [5.74, 6) is 0. The van der Waals surface area contributed by atoms with Gasteiger partial charge in [-0.2, -0.15) is 5.10 Å². The highest BCUT2D eigenvalue weighted by molar-refractivity contribution is 5.79. The van der Waals surface area contributed by atoms with Crippen molar-refractivity contribution < 1.29 is 0 Å². The Morgan fingerprint density at radius 1 is 1.40 bits per heavy atom. The minimum absolute atomic E-state index is 0.410. The van der Waals surface area contributed by atoms with Crippen LogP contribution in [0.4, 0.5) is 0 Å². The Morgan fingerprint density at radius 3 is 2.87 bits per heavy atom. The van der Waals surface area contributed by atoms with Crippen molar-refractivity contribution >= 4 is 10.9 Å². The number of fused-ring (bicyclic) bond motifs is 1. The first-order valence-electron chi connectivity index (χ1n) is 5.33. The van der Waals surface area contributed by atoms with Crippen LogP contribution in [-0.4, -0.2) is 16.8 Å². The van der Waals surface area contributed by atoms with Crippen LogP contribution < -0.4 is 5.32 Å². The van der Waals surface area contributed by atoms with Gasteiger partial charge in [-0.3, -0.25) is 4.68 Å². The highest BCUT2D eigenvalue weighted by atomic mass is 15.3. The maximum Gasteiger partial charge on any atom is 0.0688 e. The fourth-order valence-corrected chi connectivity index (χ4v) is 1.81. The van der Waals surface area contributed by atoms with E-state index in [0.717, 1.165) is 6.54 Å². The van der Waals surface area contributed by atoms with Crippen molar-refractivity contribution in [1.82, 2.24) is 15.1 Å². The monoisotopic (exact) mass is 203 g/mol. The van der Waals surface area contributed by atoms with E-state index in [1.165, 1.54) is 16.5 Å². The van der Waals surface area contributed by atoms with Gasteiger partial charge >= 0.3 is 0 Å². The summed E-state index contributed by atoms with van der Waals surface area (Å²) < 4.78 is 2.06. The zero-order valence-corrected chi connectivity index (χ0v) is 9.49. The third-order valence-electron chi connectivity index (χ3n) is 2.53. The third kappa shape index (κ3) is 1.88. The molecule has 0 fully saturated rings. The van der Waals surface area contributed by atoms with Crippen LogP contribution in [0, 0.1) is 0 Å². The van der Waals surface area contributed by atoms with Crippen molar-refractivity contribution in [3.8, 4) is 0 Å². The first-order chi connectivity index (χ1) is 7.22. The number of hydrogen-bond donors (Lipinski definition) is 1. The average molecular weight is 203 g/mol. The predicted molar refractivity (Wildman–Crippen MR) is 62.9 cm³/mol. The molecule has 0 atom stereocenters. The lowest BCUT2D eigenvalue weighted by molar-refractivity contribution is 0.550. The van der Waals surface area contributed by atoms with Gasteiger partial charge in [0.1, 0.15) is 0 Å². The molecule has 0 saturated heterocycles. The molecule has 0 aliphatic carbocycles. The topological polar surface area (TPSA) is 29.9 Å². The fourth-order valence-electron chi connectivity index (χ4n) is 1.81. The summed E-state index contributed by atoms with van der Waals surface area (Å²) in [5, 5.41) is 8.76. The molecular formula is C12H17N3. The summed E-state index contributed by atoms with van der Waals surface area (Å²) in [5.41, 5.74) is 2.52. The smallest absolute Gasteiger partial charge is 0.0688 e. The van der Waals surface area contributed by atoms with Gasteiger partial charge in [0.2, 0.25) is 0 Å².